The van der Waals surface area contributed by atoms with Gasteiger partial charge in [-0.2, -0.15) is 0 Å². The largest absolute Gasteiger partial charge is 0.473 e. The molecule has 37 heavy (non-hydrogen) atoms. The molecule has 1 amide bonds. The molecule has 2 N–H and O–H groups in total. The molecule has 198 valence electrons. The summed E-state index contributed by atoms with van der Waals surface area (Å²) in [6, 6.07) is 20.1. The lowest BCUT2D eigenvalue weighted by Crippen LogP contribution is -2.41. The second-order valence-electron chi connectivity index (χ2n) is 10.3. The number of carbonyl (C=O) groups excluding carboxylic acids is 1. The minimum Gasteiger partial charge on any atom is -0.473 e. The van der Waals surface area contributed by atoms with Crippen molar-refractivity contribution in [3.05, 3.63) is 77.5 Å². The van der Waals surface area contributed by atoms with Gasteiger partial charge in [0, 0.05) is 44.3 Å². The fourth-order valence-corrected chi connectivity index (χ4v) is 4.76. The number of rotatable bonds is 11. The molecule has 3 aromatic rings. The molecule has 1 fully saturated rings. The van der Waals surface area contributed by atoms with Crippen LogP contribution in [-0.4, -0.2) is 77.3 Å². The number of aliphatic hydroxyl groups is 1. The highest BCUT2D eigenvalue weighted by atomic mass is 16.5. The highest BCUT2D eigenvalue weighted by Gasteiger charge is 2.35. The van der Waals surface area contributed by atoms with E-state index in [1.54, 1.807) is 25.6 Å². The molecule has 0 radical (unpaired) electrons. The number of likely N-dealkylation sites (tertiary alicyclic amines) is 1. The molecule has 2 aromatic carbocycles. The number of amides is 1. The zero-order valence-electron chi connectivity index (χ0n) is 22.2. The van der Waals surface area contributed by atoms with Crippen molar-refractivity contribution in [3.63, 3.8) is 0 Å². The zero-order valence-corrected chi connectivity index (χ0v) is 22.2. The summed E-state index contributed by atoms with van der Waals surface area (Å²) in [6.07, 6.45) is 0.162. The van der Waals surface area contributed by atoms with Crippen LogP contribution < -0.4 is 10.1 Å². The smallest absolute Gasteiger partial charge is 0.236 e. The Bertz CT molecular complexity index is 1160. The van der Waals surface area contributed by atoms with Gasteiger partial charge < -0.3 is 19.9 Å². The Labute approximate surface area is 219 Å². The number of aromatic nitrogens is 2. The van der Waals surface area contributed by atoms with Gasteiger partial charge in [0.15, 0.2) is 0 Å². The van der Waals surface area contributed by atoms with Gasteiger partial charge in [-0.25, -0.2) is 4.68 Å². The van der Waals surface area contributed by atoms with Crippen molar-refractivity contribution in [1.82, 2.24) is 20.0 Å². The normalized spacial score (nSPS) is 18.2. The van der Waals surface area contributed by atoms with Gasteiger partial charge in [0.05, 0.1) is 30.0 Å². The number of nitrogens with one attached hydrogen (secondary N) is 1. The molecule has 1 aromatic heterocycles. The number of para-hydroxylation sites is 1. The van der Waals surface area contributed by atoms with E-state index in [0.717, 1.165) is 36.6 Å². The third-order valence-electron chi connectivity index (χ3n) is 6.67. The Morgan fingerprint density at radius 1 is 1.11 bits per heavy atom. The summed E-state index contributed by atoms with van der Waals surface area (Å²) in [5, 5.41) is 18.1. The highest BCUT2D eigenvalue weighted by molar-refractivity contribution is 5.79. The maximum Gasteiger partial charge on any atom is 0.236 e. The van der Waals surface area contributed by atoms with Gasteiger partial charge in [-0.05, 0) is 38.5 Å². The van der Waals surface area contributed by atoms with E-state index in [0.29, 0.717) is 12.5 Å². The Morgan fingerprint density at radius 3 is 2.43 bits per heavy atom. The van der Waals surface area contributed by atoms with E-state index in [1.165, 1.54) is 5.56 Å². The van der Waals surface area contributed by atoms with Crippen LogP contribution in [0.15, 0.2) is 60.7 Å². The summed E-state index contributed by atoms with van der Waals surface area (Å²) >= 11 is 0. The lowest BCUT2D eigenvalue weighted by Gasteiger charge is -2.20. The van der Waals surface area contributed by atoms with Gasteiger partial charge in [-0.1, -0.05) is 48.5 Å². The molecule has 0 spiro atoms. The summed E-state index contributed by atoms with van der Waals surface area (Å²) in [5.74, 6) is 0.559. The number of nitrogens with zero attached hydrogens (tertiary/aromatic N) is 3. The fraction of sp³-hybridized carbons (Fsp3) is 0.448. The second-order valence-corrected chi connectivity index (χ2v) is 10.3. The van der Waals surface area contributed by atoms with Crippen molar-refractivity contribution in [1.29, 1.82) is 0 Å². The quantitative estimate of drug-likeness (QED) is 0.416. The van der Waals surface area contributed by atoms with Crippen molar-refractivity contribution in [2.75, 3.05) is 40.0 Å². The first-order chi connectivity index (χ1) is 17.7. The monoisotopic (exact) mass is 506 g/mol. The van der Waals surface area contributed by atoms with Crippen molar-refractivity contribution in [2.45, 2.75) is 44.8 Å². The first kappa shape index (κ1) is 26.9. The highest BCUT2D eigenvalue weighted by Crippen LogP contribution is 2.29. The van der Waals surface area contributed by atoms with Crippen LogP contribution in [0.25, 0.3) is 5.69 Å². The van der Waals surface area contributed by atoms with E-state index in [2.05, 4.69) is 27.4 Å². The van der Waals surface area contributed by atoms with E-state index in [-0.39, 0.29) is 30.9 Å². The molecule has 1 aliphatic heterocycles. The molecule has 2 heterocycles. The first-order valence-corrected chi connectivity index (χ1v) is 12.8. The fourth-order valence-electron chi connectivity index (χ4n) is 4.76. The van der Waals surface area contributed by atoms with Crippen molar-refractivity contribution in [3.8, 4) is 11.6 Å². The summed E-state index contributed by atoms with van der Waals surface area (Å²) in [6.45, 7) is 8.50. The van der Waals surface area contributed by atoms with Crippen LogP contribution in [-0.2, 0) is 16.0 Å². The molecular weight excluding hydrogens is 468 g/mol. The standard InChI is InChI=1S/C29H38N4O4/c1-21-26(33(23-13-9-6-10-14-23)31-28(21)37-20-29(2,3)35)17-27(34)30-25-19-32(15-16-36-4)18-24(25)22-11-7-5-8-12-22/h5-14,24-25,35H,15-20H2,1-4H3,(H,30,34)/t24-,25+/m0/s1. The minimum absolute atomic E-state index is 0.00827. The predicted molar refractivity (Wildman–Crippen MR) is 143 cm³/mol. The first-order valence-electron chi connectivity index (χ1n) is 12.8. The maximum absolute atomic E-state index is 13.5. The van der Waals surface area contributed by atoms with Crippen LogP contribution in [0.3, 0.4) is 0 Å². The summed E-state index contributed by atoms with van der Waals surface area (Å²) in [5.41, 5.74) is 2.63. The van der Waals surface area contributed by atoms with Gasteiger partial charge in [-0.15, -0.1) is 5.10 Å². The van der Waals surface area contributed by atoms with E-state index >= 15 is 0 Å². The van der Waals surface area contributed by atoms with Gasteiger partial charge in [-0.3, -0.25) is 9.69 Å². The number of methoxy groups -OCH3 is 1. The van der Waals surface area contributed by atoms with Crippen LogP contribution in [0.4, 0.5) is 0 Å². The Balaban J connectivity index is 1.55. The second kappa shape index (κ2) is 11.9. The molecule has 0 aliphatic carbocycles. The van der Waals surface area contributed by atoms with E-state index in [1.807, 2.05) is 55.5 Å². The number of ether oxygens (including phenoxy) is 2. The zero-order chi connectivity index (χ0) is 26.4. The number of hydrogen-bond donors (Lipinski definition) is 2. The molecule has 8 heteroatoms. The average molecular weight is 507 g/mol. The minimum atomic E-state index is -0.996. The molecule has 0 unspecified atom stereocenters. The lowest BCUT2D eigenvalue weighted by atomic mass is 9.94. The SMILES string of the molecule is COCCN1C[C@@H](NC(=O)Cc2c(C)c(OCC(C)(C)O)nn2-c2ccccc2)[C@H](c2ccccc2)C1. The number of carbonyl (C=O) groups is 1. The topological polar surface area (TPSA) is 88.8 Å². The summed E-state index contributed by atoms with van der Waals surface area (Å²) in [7, 11) is 1.71. The maximum atomic E-state index is 13.5. The molecule has 1 saturated heterocycles. The molecule has 8 nitrogen and oxygen atoms in total. The molecular formula is C29H38N4O4. The van der Waals surface area contributed by atoms with Gasteiger partial charge >= 0.3 is 0 Å². The average Bonchev–Trinajstić information content (AvgIpc) is 3.42. The van der Waals surface area contributed by atoms with Crippen LogP contribution >= 0.6 is 0 Å². The number of benzene rings is 2. The predicted octanol–water partition coefficient (Wildman–Crippen LogP) is 3.10. The van der Waals surface area contributed by atoms with E-state index in [4.69, 9.17) is 9.47 Å². The molecule has 1 aliphatic rings. The summed E-state index contributed by atoms with van der Waals surface area (Å²) < 4.78 is 12.9. The van der Waals surface area contributed by atoms with Crippen LogP contribution in [0.1, 0.15) is 36.6 Å². The molecule has 2 atom stereocenters. The van der Waals surface area contributed by atoms with E-state index in [9.17, 15) is 9.90 Å². The molecule has 0 bridgehead atoms. The molecule has 4 rings (SSSR count). The Kier molecular flexibility index (Phi) is 8.63. The Morgan fingerprint density at radius 2 is 1.78 bits per heavy atom. The van der Waals surface area contributed by atoms with Gasteiger partial charge in [0.1, 0.15) is 6.61 Å². The lowest BCUT2D eigenvalue weighted by molar-refractivity contribution is -0.121. The van der Waals surface area contributed by atoms with Crippen molar-refractivity contribution < 1.29 is 19.4 Å². The molecule has 0 saturated carbocycles. The van der Waals surface area contributed by atoms with Crippen LogP contribution in [0.2, 0.25) is 0 Å². The van der Waals surface area contributed by atoms with Gasteiger partial charge in [0.25, 0.3) is 0 Å². The third kappa shape index (κ3) is 6.97. The van der Waals surface area contributed by atoms with Gasteiger partial charge in [0.2, 0.25) is 11.8 Å². The van der Waals surface area contributed by atoms with Crippen LogP contribution in [0.5, 0.6) is 5.88 Å². The van der Waals surface area contributed by atoms with Crippen molar-refractivity contribution in [2.24, 2.45) is 0 Å². The number of hydrogen-bond acceptors (Lipinski definition) is 6. The van der Waals surface area contributed by atoms with Crippen LogP contribution in [0, 0.1) is 6.92 Å². The Hall–Kier alpha value is -3.20. The summed E-state index contributed by atoms with van der Waals surface area (Å²) in [4.78, 5) is 15.8. The van der Waals surface area contributed by atoms with Crippen molar-refractivity contribution >= 4 is 5.91 Å². The van der Waals surface area contributed by atoms with E-state index < -0.39 is 5.60 Å². The third-order valence-corrected chi connectivity index (χ3v) is 6.67.